The van der Waals surface area contributed by atoms with Crippen LogP contribution in [0.25, 0.3) is 0 Å². The average Bonchev–Trinajstić information content (AvgIpc) is 2.34. The molecule has 0 aliphatic carbocycles. The molecular formula is C16H32N2O3. The number of amides is 2. The average molecular weight is 300 g/mol. The van der Waals surface area contributed by atoms with E-state index in [9.17, 15) is 9.59 Å². The van der Waals surface area contributed by atoms with Crippen molar-refractivity contribution in [3.63, 3.8) is 0 Å². The quantitative estimate of drug-likeness (QED) is 0.542. The van der Waals surface area contributed by atoms with Crippen LogP contribution in [0.5, 0.6) is 0 Å². The second kappa shape index (κ2) is 12.6. The molecule has 0 bridgehead atoms. The number of hydrogen-bond acceptors (Lipinski definition) is 3. The molecule has 0 saturated heterocycles. The Morgan fingerprint density at radius 1 is 0.810 bits per heavy atom. The summed E-state index contributed by atoms with van der Waals surface area (Å²) in [6, 6.07) is 0. The topological polar surface area (TPSA) is 67.4 Å². The van der Waals surface area contributed by atoms with Gasteiger partial charge >= 0.3 is 0 Å². The molecular weight excluding hydrogens is 268 g/mol. The van der Waals surface area contributed by atoms with Gasteiger partial charge in [-0.05, 0) is 24.7 Å². The van der Waals surface area contributed by atoms with Crippen LogP contribution in [0.2, 0.25) is 0 Å². The molecule has 21 heavy (non-hydrogen) atoms. The van der Waals surface area contributed by atoms with Gasteiger partial charge in [-0.3, -0.25) is 9.59 Å². The monoisotopic (exact) mass is 300 g/mol. The Balaban J connectivity index is 3.26. The van der Waals surface area contributed by atoms with Crippen LogP contribution in [-0.2, 0) is 14.3 Å². The molecule has 0 heterocycles. The van der Waals surface area contributed by atoms with Crippen molar-refractivity contribution in [2.45, 2.75) is 53.4 Å². The van der Waals surface area contributed by atoms with Gasteiger partial charge in [-0.25, -0.2) is 0 Å². The Hall–Kier alpha value is -1.10. The maximum absolute atomic E-state index is 11.4. The van der Waals surface area contributed by atoms with Crippen molar-refractivity contribution in [2.24, 2.45) is 11.8 Å². The Morgan fingerprint density at radius 2 is 1.19 bits per heavy atom. The molecule has 0 spiro atoms. The highest BCUT2D eigenvalue weighted by Gasteiger charge is 2.04. The molecule has 0 fully saturated rings. The van der Waals surface area contributed by atoms with Gasteiger partial charge in [-0.15, -0.1) is 0 Å². The molecule has 0 aliphatic rings. The van der Waals surface area contributed by atoms with Crippen LogP contribution in [0, 0.1) is 11.8 Å². The molecule has 5 heteroatoms. The smallest absolute Gasteiger partial charge is 0.220 e. The van der Waals surface area contributed by atoms with Crippen molar-refractivity contribution in [3.05, 3.63) is 0 Å². The summed E-state index contributed by atoms with van der Waals surface area (Å²) in [7, 11) is 0. The first-order chi connectivity index (χ1) is 9.91. The normalized spacial score (nSPS) is 11.0. The van der Waals surface area contributed by atoms with Gasteiger partial charge in [-0.2, -0.15) is 0 Å². The van der Waals surface area contributed by atoms with E-state index in [0.29, 0.717) is 51.0 Å². The van der Waals surface area contributed by atoms with E-state index >= 15 is 0 Å². The van der Waals surface area contributed by atoms with Gasteiger partial charge in [0.15, 0.2) is 0 Å². The fourth-order valence-electron chi connectivity index (χ4n) is 1.79. The molecule has 0 radical (unpaired) electrons. The lowest BCUT2D eigenvalue weighted by atomic mass is 10.1. The minimum absolute atomic E-state index is 0.109. The Bertz CT molecular complexity index is 263. The summed E-state index contributed by atoms with van der Waals surface area (Å²) in [4.78, 5) is 22.8. The first kappa shape index (κ1) is 19.9. The summed E-state index contributed by atoms with van der Waals surface area (Å²) in [5.74, 6) is 1.01. The lowest BCUT2D eigenvalue weighted by Crippen LogP contribution is -2.27. The third-order valence-electron chi connectivity index (χ3n) is 2.76. The Morgan fingerprint density at radius 3 is 1.52 bits per heavy atom. The zero-order chi connectivity index (χ0) is 16.1. The number of hydrogen-bond donors (Lipinski definition) is 2. The van der Waals surface area contributed by atoms with E-state index in [2.05, 4.69) is 10.6 Å². The molecule has 0 rings (SSSR count). The highest BCUT2D eigenvalue weighted by atomic mass is 16.5. The first-order valence-electron chi connectivity index (χ1n) is 8.03. The van der Waals surface area contributed by atoms with E-state index in [4.69, 9.17) is 4.74 Å². The lowest BCUT2D eigenvalue weighted by Gasteiger charge is -2.08. The largest absolute Gasteiger partial charge is 0.381 e. The summed E-state index contributed by atoms with van der Waals surface area (Å²) >= 11 is 0. The van der Waals surface area contributed by atoms with Gasteiger partial charge in [0.1, 0.15) is 0 Å². The number of carbonyl (C=O) groups excluding carboxylic acids is 2. The molecule has 0 aliphatic heterocycles. The molecule has 0 atom stereocenters. The molecule has 0 aromatic carbocycles. The van der Waals surface area contributed by atoms with Crippen LogP contribution < -0.4 is 10.6 Å². The van der Waals surface area contributed by atoms with Crippen LogP contribution >= 0.6 is 0 Å². The fraction of sp³-hybridized carbons (Fsp3) is 0.875. The molecule has 0 aromatic heterocycles. The number of rotatable bonds is 12. The molecule has 2 N–H and O–H groups in total. The van der Waals surface area contributed by atoms with Crippen LogP contribution in [0.1, 0.15) is 53.4 Å². The van der Waals surface area contributed by atoms with Crippen molar-refractivity contribution in [3.8, 4) is 0 Å². The lowest BCUT2D eigenvalue weighted by molar-refractivity contribution is -0.122. The van der Waals surface area contributed by atoms with Crippen LogP contribution in [0.15, 0.2) is 0 Å². The first-order valence-corrected chi connectivity index (χ1v) is 8.03. The van der Waals surface area contributed by atoms with E-state index in [1.165, 1.54) is 0 Å². The van der Waals surface area contributed by atoms with Crippen molar-refractivity contribution < 1.29 is 14.3 Å². The van der Waals surface area contributed by atoms with Gasteiger partial charge in [0.2, 0.25) is 11.8 Å². The van der Waals surface area contributed by atoms with Gasteiger partial charge in [0, 0.05) is 39.1 Å². The molecule has 2 amide bonds. The van der Waals surface area contributed by atoms with Crippen LogP contribution in [0.4, 0.5) is 0 Å². The molecule has 0 aromatic rings. The second-order valence-corrected chi connectivity index (χ2v) is 6.22. The number of carbonyl (C=O) groups is 2. The molecule has 0 saturated carbocycles. The Kier molecular flexibility index (Phi) is 12.0. The maximum Gasteiger partial charge on any atom is 0.220 e. The summed E-state index contributed by atoms with van der Waals surface area (Å²) in [5.41, 5.74) is 0. The second-order valence-electron chi connectivity index (χ2n) is 6.22. The third-order valence-corrected chi connectivity index (χ3v) is 2.76. The van der Waals surface area contributed by atoms with Crippen LogP contribution in [0.3, 0.4) is 0 Å². The van der Waals surface area contributed by atoms with Crippen molar-refractivity contribution in [1.29, 1.82) is 0 Å². The van der Waals surface area contributed by atoms with Crippen molar-refractivity contribution in [2.75, 3.05) is 26.3 Å². The zero-order valence-corrected chi connectivity index (χ0v) is 14.0. The van der Waals surface area contributed by atoms with Crippen molar-refractivity contribution in [1.82, 2.24) is 10.6 Å². The van der Waals surface area contributed by atoms with Gasteiger partial charge < -0.3 is 15.4 Å². The minimum Gasteiger partial charge on any atom is -0.381 e. The summed E-state index contributed by atoms with van der Waals surface area (Å²) in [6.07, 6.45) is 2.81. The van der Waals surface area contributed by atoms with E-state index in [0.717, 1.165) is 12.8 Å². The maximum atomic E-state index is 11.4. The summed E-state index contributed by atoms with van der Waals surface area (Å²) < 4.78 is 5.46. The predicted molar refractivity (Wildman–Crippen MR) is 85.0 cm³/mol. The van der Waals surface area contributed by atoms with E-state index in [1.54, 1.807) is 0 Å². The van der Waals surface area contributed by atoms with E-state index in [1.807, 2.05) is 27.7 Å². The molecule has 0 unspecified atom stereocenters. The SMILES string of the molecule is CC(C)CC(=O)NCCCOCCCNC(=O)CC(C)C. The minimum atomic E-state index is 0.109. The standard InChI is InChI=1S/C16H32N2O3/c1-13(2)11-15(19)17-7-5-9-21-10-6-8-18-16(20)12-14(3)4/h13-14H,5-12H2,1-4H3,(H,17,19)(H,18,20). The molecule has 5 nitrogen and oxygen atoms in total. The number of ether oxygens (including phenoxy) is 1. The fourth-order valence-corrected chi connectivity index (χ4v) is 1.79. The highest BCUT2D eigenvalue weighted by molar-refractivity contribution is 5.76. The zero-order valence-electron chi connectivity index (χ0n) is 14.0. The highest BCUT2D eigenvalue weighted by Crippen LogP contribution is 1.98. The van der Waals surface area contributed by atoms with Gasteiger partial charge in [0.25, 0.3) is 0 Å². The van der Waals surface area contributed by atoms with Crippen molar-refractivity contribution >= 4 is 11.8 Å². The third kappa shape index (κ3) is 15.1. The van der Waals surface area contributed by atoms with Gasteiger partial charge in [0.05, 0.1) is 0 Å². The summed E-state index contributed by atoms with van der Waals surface area (Å²) in [5, 5.41) is 5.75. The number of nitrogens with one attached hydrogen (secondary N) is 2. The predicted octanol–water partition coefficient (Wildman–Crippen LogP) is 2.11. The Labute approximate surface area is 129 Å². The van der Waals surface area contributed by atoms with E-state index in [-0.39, 0.29) is 11.8 Å². The van der Waals surface area contributed by atoms with Gasteiger partial charge in [-0.1, -0.05) is 27.7 Å². The van der Waals surface area contributed by atoms with Crippen LogP contribution in [-0.4, -0.2) is 38.1 Å². The molecule has 124 valence electrons. The van der Waals surface area contributed by atoms with E-state index < -0.39 is 0 Å². The summed E-state index contributed by atoms with van der Waals surface area (Å²) in [6.45, 7) is 10.7.